The van der Waals surface area contributed by atoms with Crippen LogP contribution in [0.15, 0.2) is 30.3 Å². The van der Waals surface area contributed by atoms with E-state index in [4.69, 9.17) is 4.74 Å². The number of carbonyl (C=O) groups excluding carboxylic acids is 1. The summed E-state index contributed by atoms with van der Waals surface area (Å²) in [6.07, 6.45) is 1.80. The molecule has 126 valence electrons. The Bertz CT molecular complexity index is 755. The molecule has 24 heavy (non-hydrogen) atoms. The van der Waals surface area contributed by atoms with Gasteiger partial charge in [-0.15, -0.1) is 0 Å². The lowest BCUT2D eigenvalue weighted by atomic mass is 9.96. The van der Waals surface area contributed by atoms with E-state index >= 15 is 0 Å². The number of para-hydroxylation sites is 1. The van der Waals surface area contributed by atoms with Gasteiger partial charge in [0.2, 0.25) is 0 Å². The number of carbonyl (C=O) groups is 1. The van der Waals surface area contributed by atoms with Crippen molar-refractivity contribution < 1.29 is 9.53 Å². The first-order valence-electron chi connectivity index (χ1n) is 8.23. The molecule has 1 aliphatic heterocycles. The van der Waals surface area contributed by atoms with E-state index in [9.17, 15) is 4.79 Å². The zero-order valence-electron chi connectivity index (χ0n) is 14.7. The van der Waals surface area contributed by atoms with Crippen molar-refractivity contribution in [3.05, 3.63) is 53.1 Å². The number of aryl methyl sites for hydroxylation is 2. The summed E-state index contributed by atoms with van der Waals surface area (Å²) < 4.78 is 5.36. The van der Waals surface area contributed by atoms with Gasteiger partial charge in [0, 0.05) is 17.9 Å². The van der Waals surface area contributed by atoms with Crippen LogP contribution in [0.3, 0.4) is 0 Å². The van der Waals surface area contributed by atoms with Gasteiger partial charge < -0.3 is 9.64 Å². The highest BCUT2D eigenvalue weighted by Crippen LogP contribution is 2.38. The van der Waals surface area contributed by atoms with Crippen molar-refractivity contribution in [1.82, 2.24) is 14.9 Å². The van der Waals surface area contributed by atoms with Crippen LogP contribution in [0.5, 0.6) is 5.75 Å². The average molecular weight is 325 g/mol. The minimum Gasteiger partial charge on any atom is -0.496 e. The van der Waals surface area contributed by atoms with Crippen molar-refractivity contribution in [2.24, 2.45) is 0 Å². The lowest BCUT2D eigenvalue weighted by Crippen LogP contribution is -2.44. The average Bonchev–Trinajstić information content (AvgIpc) is 2.96. The van der Waals surface area contributed by atoms with Crippen molar-refractivity contribution in [2.45, 2.75) is 39.2 Å². The number of hydrogen-bond acceptors (Lipinski definition) is 4. The maximum atomic E-state index is 13.2. The molecule has 2 aromatic rings. The smallest absolute Gasteiger partial charge is 0.258 e. The van der Waals surface area contributed by atoms with Crippen molar-refractivity contribution in [1.29, 1.82) is 0 Å². The molecule has 0 N–H and O–H groups in total. The molecule has 5 nitrogen and oxygen atoms in total. The Balaban J connectivity index is 2.02. The highest BCUT2D eigenvalue weighted by molar-refractivity contribution is 5.97. The Morgan fingerprint density at radius 3 is 2.54 bits per heavy atom. The largest absolute Gasteiger partial charge is 0.496 e. The maximum absolute atomic E-state index is 13.2. The van der Waals surface area contributed by atoms with Crippen LogP contribution >= 0.6 is 0 Å². The Kier molecular flexibility index (Phi) is 4.26. The zero-order valence-corrected chi connectivity index (χ0v) is 14.7. The van der Waals surface area contributed by atoms with Gasteiger partial charge in [-0.05, 0) is 51.8 Å². The van der Waals surface area contributed by atoms with E-state index in [0.717, 1.165) is 30.1 Å². The topological polar surface area (TPSA) is 55.3 Å². The molecule has 1 aliphatic rings. The second-order valence-corrected chi connectivity index (χ2v) is 6.51. The van der Waals surface area contributed by atoms with Crippen molar-refractivity contribution in [3.8, 4) is 5.75 Å². The number of aromatic nitrogens is 2. The Labute approximate surface area is 142 Å². The normalized spacial score (nSPS) is 20.2. The Hall–Kier alpha value is -2.43. The molecule has 0 unspecified atom stereocenters. The van der Waals surface area contributed by atoms with Crippen LogP contribution in [-0.4, -0.2) is 34.4 Å². The summed E-state index contributed by atoms with van der Waals surface area (Å²) in [5.74, 6) is 1.29. The van der Waals surface area contributed by atoms with Gasteiger partial charge in [-0.25, -0.2) is 9.97 Å². The summed E-state index contributed by atoms with van der Waals surface area (Å²) in [6, 6.07) is 9.30. The van der Waals surface area contributed by atoms with E-state index in [1.165, 1.54) is 0 Å². The quantitative estimate of drug-likeness (QED) is 0.869. The third-order valence-corrected chi connectivity index (χ3v) is 4.69. The van der Waals surface area contributed by atoms with E-state index in [1.807, 2.05) is 49.1 Å². The van der Waals surface area contributed by atoms with E-state index in [2.05, 4.69) is 16.9 Å². The fourth-order valence-electron chi connectivity index (χ4n) is 3.45. The minimum atomic E-state index is -0.491. The minimum absolute atomic E-state index is 0.0322. The number of nitrogens with zero attached hydrogens (tertiary/aromatic N) is 3. The third-order valence-electron chi connectivity index (χ3n) is 4.69. The Morgan fingerprint density at radius 2 is 1.88 bits per heavy atom. The molecule has 2 heterocycles. The molecular weight excluding hydrogens is 302 g/mol. The van der Waals surface area contributed by atoms with Crippen LogP contribution in [0, 0.1) is 13.8 Å². The van der Waals surface area contributed by atoms with Gasteiger partial charge >= 0.3 is 0 Å². The molecule has 1 aromatic carbocycles. The molecule has 5 heteroatoms. The van der Waals surface area contributed by atoms with Crippen molar-refractivity contribution in [2.75, 3.05) is 13.7 Å². The number of methoxy groups -OCH3 is 1. The molecule has 1 saturated heterocycles. The number of likely N-dealkylation sites (tertiary alicyclic amines) is 1. The van der Waals surface area contributed by atoms with Crippen molar-refractivity contribution in [3.63, 3.8) is 0 Å². The number of amides is 1. The molecule has 1 fully saturated rings. The molecule has 0 radical (unpaired) electrons. The molecule has 1 atom stereocenters. The molecule has 0 spiro atoms. The van der Waals surface area contributed by atoms with Gasteiger partial charge in [0.25, 0.3) is 5.91 Å². The summed E-state index contributed by atoms with van der Waals surface area (Å²) in [7, 11) is 1.59. The van der Waals surface area contributed by atoms with Crippen molar-refractivity contribution >= 4 is 5.91 Å². The highest BCUT2D eigenvalue weighted by Gasteiger charge is 2.44. The van der Waals surface area contributed by atoms with Crippen LogP contribution < -0.4 is 4.74 Å². The summed E-state index contributed by atoms with van der Waals surface area (Å²) in [6.45, 7) is 6.68. The van der Waals surface area contributed by atoms with Crippen LogP contribution in [-0.2, 0) is 5.54 Å². The SMILES string of the molecule is COc1ccccc1C(=O)N1CCC[C@]1(C)c1nc(C)cc(C)n1. The van der Waals surface area contributed by atoms with Crippen LogP contribution in [0.1, 0.15) is 47.3 Å². The molecule has 0 saturated carbocycles. The van der Waals surface area contributed by atoms with E-state index < -0.39 is 5.54 Å². The fourth-order valence-corrected chi connectivity index (χ4v) is 3.45. The summed E-state index contributed by atoms with van der Waals surface area (Å²) in [5.41, 5.74) is 1.94. The van der Waals surface area contributed by atoms with Crippen LogP contribution in [0.2, 0.25) is 0 Å². The number of ether oxygens (including phenoxy) is 1. The summed E-state index contributed by atoms with van der Waals surface area (Å²) >= 11 is 0. The van der Waals surface area contributed by atoms with Gasteiger partial charge in [0.1, 0.15) is 11.3 Å². The first-order valence-corrected chi connectivity index (χ1v) is 8.23. The van der Waals surface area contributed by atoms with Gasteiger partial charge in [-0.2, -0.15) is 0 Å². The molecule has 3 rings (SSSR count). The second-order valence-electron chi connectivity index (χ2n) is 6.51. The van der Waals surface area contributed by atoms with Crippen LogP contribution in [0.4, 0.5) is 0 Å². The molecule has 1 aromatic heterocycles. The first kappa shape index (κ1) is 16.4. The fraction of sp³-hybridized carbons (Fsp3) is 0.421. The second kappa shape index (κ2) is 6.23. The van der Waals surface area contributed by atoms with E-state index in [0.29, 0.717) is 17.9 Å². The molecule has 0 bridgehead atoms. The van der Waals surface area contributed by atoms with Gasteiger partial charge in [-0.3, -0.25) is 4.79 Å². The monoisotopic (exact) mass is 325 g/mol. The predicted molar refractivity (Wildman–Crippen MR) is 92.1 cm³/mol. The maximum Gasteiger partial charge on any atom is 0.258 e. The Morgan fingerprint density at radius 1 is 1.21 bits per heavy atom. The standard InChI is InChI=1S/C19H23N3O2/c1-13-12-14(2)21-18(20-13)19(3)10-7-11-22(19)17(23)15-8-5-6-9-16(15)24-4/h5-6,8-9,12H,7,10-11H2,1-4H3/t19-/m1/s1. The van der Waals surface area contributed by atoms with E-state index in [-0.39, 0.29) is 5.91 Å². The van der Waals surface area contributed by atoms with Gasteiger partial charge in [0.05, 0.1) is 12.7 Å². The molecule has 1 amide bonds. The van der Waals surface area contributed by atoms with Gasteiger partial charge in [-0.1, -0.05) is 12.1 Å². The van der Waals surface area contributed by atoms with Crippen LogP contribution in [0.25, 0.3) is 0 Å². The molecular formula is C19H23N3O2. The third kappa shape index (κ3) is 2.75. The number of rotatable bonds is 3. The summed E-state index contributed by atoms with van der Waals surface area (Å²) in [5, 5.41) is 0. The molecule has 0 aliphatic carbocycles. The lowest BCUT2D eigenvalue weighted by molar-refractivity contribution is 0.0600. The van der Waals surface area contributed by atoms with Gasteiger partial charge in [0.15, 0.2) is 5.82 Å². The summed E-state index contributed by atoms with van der Waals surface area (Å²) in [4.78, 5) is 24.3. The zero-order chi connectivity index (χ0) is 17.3. The first-order chi connectivity index (χ1) is 11.5. The highest BCUT2D eigenvalue weighted by atomic mass is 16.5. The lowest BCUT2D eigenvalue weighted by Gasteiger charge is -2.34. The van der Waals surface area contributed by atoms with E-state index in [1.54, 1.807) is 7.11 Å². The predicted octanol–water partition coefficient (Wildman–Crippen LogP) is 3.25. The number of benzene rings is 1. The number of hydrogen-bond donors (Lipinski definition) is 0.